The largest absolute Gasteiger partial charge is 0.490 e. The molecule has 2 rings (SSSR count). The summed E-state index contributed by atoms with van der Waals surface area (Å²) < 4.78 is 37.3. The number of alkyl halides is 3. The van der Waals surface area contributed by atoms with Crippen molar-refractivity contribution in [1.29, 1.82) is 0 Å². The average molecular weight is 298 g/mol. The number of hydrogen-bond acceptors (Lipinski definition) is 3. The summed E-state index contributed by atoms with van der Waals surface area (Å²) in [5.74, 6) is -1.86. The average Bonchev–Trinajstić information content (AvgIpc) is 2.25. The lowest BCUT2D eigenvalue weighted by Gasteiger charge is -2.27. The topological polar surface area (TPSA) is 58.6 Å². The first-order chi connectivity index (χ1) is 8.79. The Morgan fingerprint density at radius 2 is 1.79 bits per heavy atom. The summed E-state index contributed by atoms with van der Waals surface area (Å²) in [5.41, 5.74) is 0. The van der Waals surface area contributed by atoms with E-state index < -0.39 is 12.1 Å². The van der Waals surface area contributed by atoms with Crippen molar-refractivity contribution in [2.75, 3.05) is 13.1 Å². The van der Waals surface area contributed by atoms with Crippen molar-refractivity contribution in [1.82, 2.24) is 5.32 Å². The maximum Gasteiger partial charge on any atom is 0.490 e. The van der Waals surface area contributed by atoms with Crippen molar-refractivity contribution in [2.45, 2.75) is 12.3 Å². The minimum atomic E-state index is -5.08. The van der Waals surface area contributed by atoms with E-state index in [-0.39, 0.29) is 0 Å². The van der Waals surface area contributed by atoms with Crippen LogP contribution in [0.25, 0.3) is 0 Å². The summed E-state index contributed by atoms with van der Waals surface area (Å²) in [7, 11) is 0. The summed E-state index contributed by atoms with van der Waals surface area (Å²) in [6.45, 7) is 1.89. The lowest BCUT2D eigenvalue weighted by molar-refractivity contribution is -0.192. The molecule has 0 spiro atoms. The highest BCUT2D eigenvalue weighted by atomic mass is 35.5. The number of nitrogens with one attached hydrogen (secondary N) is 1. The number of carboxylic acids is 1. The van der Waals surface area contributed by atoms with Crippen LogP contribution in [0.4, 0.5) is 13.2 Å². The third-order valence-electron chi connectivity index (χ3n) is 2.10. The van der Waals surface area contributed by atoms with Crippen molar-refractivity contribution in [3.8, 4) is 5.75 Å². The molecule has 1 aliphatic rings. The summed E-state index contributed by atoms with van der Waals surface area (Å²) in [6, 6.07) is 7.45. The molecule has 0 radical (unpaired) electrons. The second-order valence-electron chi connectivity index (χ2n) is 3.65. The van der Waals surface area contributed by atoms with Crippen molar-refractivity contribution in [3.63, 3.8) is 0 Å². The molecule has 0 saturated carbocycles. The van der Waals surface area contributed by atoms with Crippen LogP contribution in [0.15, 0.2) is 24.3 Å². The zero-order valence-electron chi connectivity index (χ0n) is 9.58. The van der Waals surface area contributed by atoms with E-state index in [0.29, 0.717) is 6.10 Å². The quantitative estimate of drug-likeness (QED) is 0.879. The van der Waals surface area contributed by atoms with Gasteiger partial charge in [-0.15, -0.1) is 0 Å². The monoisotopic (exact) mass is 297 g/mol. The van der Waals surface area contributed by atoms with Crippen LogP contribution in [0.3, 0.4) is 0 Å². The number of hydrogen-bond donors (Lipinski definition) is 2. The molecule has 8 heteroatoms. The molecular weight excluding hydrogens is 287 g/mol. The molecule has 1 aliphatic heterocycles. The van der Waals surface area contributed by atoms with Gasteiger partial charge in [0.1, 0.15) is 11.9 Å². The third kappa shape index (κ3) is 5.80. The van der Waals surface area contributed by atoms with E-state index in [1.165, 1.54) is 0 Å². The van der Waals surface area contributed by atoms with Crippen molar-refractivity contribution >= 4 is 17.6 Å². The van der Waals surface area contributed by atoms with E-state index in [1.54, 1.807) is 0 Å². The van der Waals surface area contributed by atoms with Gasteiger partial charge >= 0.3 is 12.1 Å². The number of halogens is 4. The standard InChI is InChI=1S/C9H10ClNO.C2HF3O2/c10-7-1-3-8(4-2-7)12-9-5-11-6-9;3-2(4,5)1(6)7/h1-4,9,11H,5-6H2;(H,6,7). The SMILES string of the molecule is Clc1ccc(OC2CNC2)cc1.O=C(O)C(F)(F)F. The molecule has 1 heterocycles. The van der Waals surface area contributed by atoms with Crippen LogP contribution in [0.2, 0.25) is 5.02 Å². The fourth-order valence-corrected chi connectivity index (χ4v) is 1.18. The van der Waals surface area contributed by atoms with Gasteiger partial charge in [-0.3, -0.25) is 0 Å². The lowest BCUT2D eigenvalue weighted by Crippen LogP contribution is -2.50. The summed E-state index contributed by atoms with van der Waals surface area (Å²) in [5, 5.41) is 11.0. The van der Waals surface area contributed by atoms with Gasteiger partial charge in [0.2, 0.25) is 0 Å². The molecule has 1 aromatic rings. The third-order valence-corrected chi connectivity index (χ3v) is 2.35. The van der Waals surface area contributed by atoms with Crippen LogP contribution < -0.4 is 10.1 Å². The second kappa shape index (κ2) is 6.63. The van der Waals surface area contributed by atoms with Gasteiger partial charge < -0.3 is 15.2 Å². The Morgan fingerprint density at radius 3 is 2.11 bits per heavy atom. The Hall–Kier alpha value is -1.47. The number of rotatable bonds is 2. The van der Waals surface area contributed by atoms with Gasteiger partial charge in [0.25, 0.3) is 0 Å². The van der Waals surface area contributed by atoms with Crippen LogP contribution in [0.1, 0.15) is 0 Å². The lowest BCUT2D eigenvalue weighted by atomic mass is 10.2. The molecule has 0 atom stereocenters. The van der Waals surface area contributed by atoms with Gasteiger partial charge in [0.15, 0.2) is 0 Å². The van der Waals surface area contributed by atoms with Gasteiger partial charge in [-0.05, 0) is 24.3 Å². The number of benzene rings is 1. The zero-order chi connectivity index (χ0) is 14.5. The van der Waals surface area contributed by atoms with Gasteiger partial charge in [0, 0.05) is 18.1 Å². The summed E-state index contributed by atoms with van der Waals surface area (Å²) in [6.07, 6.45) is -4.74. The molecule has 1 aromatic carbocycles. The summed E-state index contributed by atoms with van der Waals surface area (Å²) in [4.78, 5) is 8.90. The molecule has 0 amide bonds. The Kier molecular flexibility index (Phi) is 5.44. The predicted molar refractivity (Wildman–Crippen MR) is 62.4 cm³/mol. The summed E-state index contributed by atoms with van der Waals surface area (Å²) >= 11 is 5.73. The van der Waals surface area contributed by atoms with E-state index in [0.717, 1.165) is 23.9 Å². The fraction of sp³-hybridized carbons (Fsp3) is 0.364. The van der Waals surface area contributed by atoms with Crippen LogP contribution >= 0.6 is 11.6 Å². The number of carbonyl (C=O) groups is 1. The Balaban J connectivity index is 0.000000224. The second-order valence-corrected chi connectivity index (χ2v) is 4.09. The minimum Gasteiger partial charge on any atom is -0.488 e. The maximum atomic E-state index is 10.6. The number of ether oxygens (including phenoxy) is 1. The first kappa shape index (κ1) is 15.6. The molecule has 4 nitrogen and oxygen atoms in total. The number of carboxylic acid groups (broad SMARTS) is 1. The molecule has 0 unspecified atom stereocenters. The molecule has 2 N–H and O–H groups in total. The first-order valence-corrected chi connectivity index (χ1v) is 5.60. The van der Waals surface area contributed by atoms with E-state index >= 15 is 0 Å². The normalized spacial score (nSPS) is 14.9. The van der Waals surface area contributed by atoms with E-state index in [9.17, 15) is 13.2 Å². The van der Waals surface area contributed by atoms with Crippen LogP contribution in [0.5, 0.6) is 5.75 Å². The van der Waals surface area contributed by atoms with E-state index in [2.05, 4.69) is 5.32 Å². The Bertz CT molecular complexity index is 418. The van der Waals surface area contributed by atoms with Crippen LogP contribution in [-0.2, 0) is 4.79 Å². The smallest absolute Gasteiger partial charge is 0.488 e. The van der Waals surface area contributed by atoms with Crippen LogP contribution in [-0.4, -0.2) is 36.4 Å². The maximum absolute atomic E-state index is 10.6. The van der Waals surface area contributed by atoms with Crippen LogP contribution in [0, 0.1) is 0 Å². The molecule has 1 saturated heterocycles. The molecule has 1 fully saturated rings. The first-order valence-electron chi connectivity index (χ1n) is 5.22. The predicted octanol–water partition coefficient (Wildman–Crippen LogP) is 2.32. The fourth-order valence-electron chi connectivity index (χ4n) is 1.05. The van der Waals surface area contributed by atoms with E-state index in [1.807, 2.05) is 24.3 Å². The molecule has 19 heavy (non-hydrogen) atoms. The highest BCUT2D eigenvalue weighted by Gasteiger charge is 2.38. The molecule has 0 aliphatic carbocycles. The van der Waals surface area contributed by atoms with Crippen molar-refractivity contribution in [2.24, 2.45) is 0 Å². The molecule has 0 bridgehead atoms. The molecule has 0 aromatic heterocycles. The van der Waals surface area contributed by atoms with Gasteiger partial charge in [-0.1, -0.05) is 11.6 Å². The Labute approximate surface area is 112 Å². The van der Waals surface area contributed by atoms with Crippen molar-refractivity contribution < 1.29 is 27.8 Å². The molecular formula is C11H11ClF3NO3. The minimum absolute atomic E-state index is 0.339. The Morgan fingerprint density at radius 1 is 1.32 bits per heavy atom. The van der Waals surface area contributed by atoms with Crippen molar-refractivity contribution in [3.05, 3.63) is 29.3 Å². The van der Waals surface area contributed by atoms with Gasteiger partial charge in [-0.2, -0.15) is 13.2 Å². The zero-order valence-corrected chi connectivity index (χ0v) is 10.3. The molecule has 106 valence electrons. The van der Waals surface area contributed by atoms with Gasteiger partial charge in [-0.25, -0.2) is 4.79 Å². The van der Waals surface area contributed by atoms with Gasteiger partial charge in [0.05, 0.1) is 0 Å². The van der Waals surface area contributed by atoms with E-state index in [4.69, 9.17) is 26.2 Å². The highest BCUT2D eigenvalue weighted by molar-refractivity contribution is 6.30. The number of aliphatic carboxylic acids is 1. The highest BCUT2D eigenvalue weighted by Crippen LogP contribution is 2.17.